The Morgan fingerprint density at radius 2 is 1.76 bits per heavy atom. The number of carboxylic acids is 1. The Bertz CT molecular complexity index is 968. The Labute approximate surface area is 170 Å². The molecule has 3 aromatic rings. The topological polar surface area (TPSA) is 85.4 Å². The molecule has 0 saturated heterocycles. The van der Waals surface area contributed by atoms with Crippen LogP contribution in [0.1, 0.15) is 18.1 Å². The summed E-state index contributed by atoms with van der Waals surface area (Å²) in [6, 6.07) is 16.9. The molecule has 2 aromatic carbocycles. The molecular formula is C23H27N3O3. The Morgan fingerprint density at radius 1 is 1.07 bits per heavy atom. The third-order valence-electron chi connectivity index (χ3n) is 5.36. The fraction of sp³-hybridized carbons (Fsp3) is 0.304. The summed E-state index contributed by atoms with van der Waals surface area (Å²) in [6.45, 7) is 1.92. The van der Waals surface area contributed by atoms with Crippen molar-refractivity contribution in [3.05, 3.63) is 71.9 Å². The number of aromatic amines is 1. The van der Waals surface area contributed by atoms with Gasteiger partial charge in [0.1, 0.15) is 6.04 Å². The minimum absolute atomic E-state index is 0.0452. The highest BCUT2D eigenvalue weighted by Gasteiger charge is 2.23. The molecule has 29 heavy (non-hydrogen) atoms. The van der Waals surface area contributed by atoms with E-state index >= 15 is 0 Å². The lowest BCUT2D eigenvalue weighted by atomic mass is 10.0. The zero-order valence-corrected chi connectivity index (χ0v) is 16.8. The molecule has 0 bridgehead atoms. The molecule has 0 fully saturated rings. The summed E-state index contributed by atoms with van der Waals surface area (Å²) < 4.78 is 0. The highest BCUT2D eigenvalue weighted by molar-refractivity contribution is 5.84. The molecule has 0 aliphatic rings. The number of carbonyl (C=O) groups excluding carboxylic acids is 1. The van der Waals surface area contributed by atoms with E-state index in [0.717, 1.165) is 22.0 Å². The molecule has 6 heteroatoms. The third-order valence-corrected chi connectivity index (χ3v) is 5.36. The van der Waals surface area contributed by atoms with Gasteiger partial charge < -0.3 is 20.3 Å². The van der Waals surface area contributed by atoms with E-state index < -0.39 is 12.0 Å². The van der Waals surface area contributed by atoms with Crippen molar-refractivity contribution in [1.29, 1.82) is 0 Å². The molecule has 6 nitrogen and oxygen atoms in total. The number of rotatable bonds is 9. The van der Waals surface area contributed by atoms with E-state index in [2.05, 4.69) is 10.3 Å². The number of benzene rings is 2. The van der Waals surface area contributed by atoms with Gasteiger partial charge in [0.15, 0.2) is 0 Å². The minimum atomic E-state index is -0.903. The molecule has 2 atom stereocenters. The van der Waals surface area contributed by atoms with Crippen LogP contribution in [0.4, 0.5) is 0 Å². The van der Waals surface area contributed by atoms with Crippen molar-refractivity contribution in [2.24, 2.45) is 0 Å². The summed E-state index contributed by atoms with van der Waals surface area (Å²) in [5.74, 6) is -0.949. The molecule has 0 aliphatic carbocycles. The number of H-pyrrole nitrogens is 1. The van der Waals surface area contributed by atoms with E-state index in [-0.39, 0.29) is 11.9 Å². The predicted molar refractivity (Wildman–Crippen MR) is 114 cm³/mol. The summed E-state index contributed by atoms with van der Waals surface area (Å²) in [6.07, 6.45) is 2.88. The van der Waals surface area contributed by atoms with Crippen LogP contribution in [0.2, 0.25) is 0 Å². The Hall–Kier alpha value is -3.12. The van der Waals surface area contributed by atoms with Crippen LogP contribution in [0, 0.1) is 0 Å². The first-order chi connectivity index (χ1) is 14.0. The molecule has 3 N–H and O–H groups in total. The number of carboxylic acid groups (broad SMARTS) is 1. The van der Waals surface area contributed by atoms with Crippen LogP contribution in [0.3, 0.4) is 0 Å². The lowest BCUT2D eigenvalue weighted by Gasteiger charge is -2.29. The van der Waals surface area contributed by atoms with Crippen molar-refractivity contribution in [1.82, 2.24) is 15.2 Å². The Balaban J connectivity index is 1.72. The number of hydrogen-bond donors (Lipinski definition) is 3. The smallest absolute Gasteiger partial charge is 0.321 e. The van der Waals surface area contributed by atoms with Crippen LogP contribution in [-0.4, -0.2) is 52.5 Å². The van der Waals surface area contributed by atoms with Crippen LogP contribution < -0.4 is 5.32 Å². The van der Waals surface area contributed by atoms with E-state index in [9.17, 15) is 14.7 Å². The molecule has 3 rings (SSSR count). The van der Waals surface area contributed by atoms with Gasteiger partial charge in [-0.15, -0.1) is 0 Å². The monoisotopic (exact) mass is 393 g/mol. The third kappa shape index (κ3) is 5.23. The SMILES string of the molecule is CC(=O)N(C)[C@H](CN[C@H](Cc1c[nH]c2ccccc12)C(=O)O)Cc1ccccc1. The van der Waals surface area contributed by atoms with Gasteiger partial charge >= 0.3 is 5.97 Å². The van der Waals surface area contributed by atoms with Crippen LogP contribution in [-0.2, 0) is 22.4 Å². The van der Waals surface area contributed by atoms with Gasteiger partial charge in [-0.05, 0) is 23.6 Å². The van der Waals surface area contributed by atoms with Gasteiger partial charge in [-0.2, -0.15) is 0 Å². The molecule has 0 unspecified atom stereocenters. The fourth-order valence-electron chi connectivity index (χ4n) is 3.53. The van der Waals surface area contributed by atoms with E-state index in [1.807, 2.05) is 60.8 Å². The number of nitrogens with zero attached hydrogens (tertiary/aromatic N) is 1. The van der Waals surface area contributed by atoms with Crippen molar-refractivity contribution < 1.29 is 14.7 Å². The van der Waals surface area contributed by atoms with E-state index in [1.165, 1.54) is 6.92 Å². The van der Waals surface area contributed by atoms with Gasteiger partial charge in [-0.25, -0.2) is 0 Å². The van der Waals surface area contributed by atoms with Crippen molar-refractivity contribution in [3.63, 3.8) is 0 Å². The average Bonchev–Trinajstić information content (AvgIpc) is 3.13. The van der Waals surface area contributed by atoms with E-state index in [0.29, 0.717) is 19.4 Å². The summed E-state index contributed by atoms with van der Waals surface area (Å²) in [4.78, 5) is 28.7. The number of hydrogen-bond acceptors (Lipinski definition) is 3. The van der Waals surface area contributed by atoms with E-state index in [1.54, 1.807) is 11.9 Å². The normalized spacial score (nSPS) is 13.2. The van der Waals surface area contributed by atoms with Gasteiger partial charge in [0.25, 0.3) is 0 Å². The maximum Gasteiger partial charge on any atom is 0.321 e. The zero-order chi connectivity index (χ0) is 20.8. The number of aromatic nitrogens is 1. The molecule has 152 valence electrons. The van der Waals surface area contributed by atoms with Gasteiger partial charge in [-0.3, -0.25) is 9.59 Å². The molecule has 1 heterocycles. The summed E-state index contributed by atoms with van der Waals surface area (Å²) in [5.41, 5.74) is 3.06. The highest BCUT2D eigenvalue weighted by atomic mass is 16.4. The molecular weight excluding hydrogens is 366 g/mol. The lowest BCUT2D eigenvalue weighted by Crippen LogP contribution is -2.49. The Kier molecular flexibility index (Phi) is 6.67. The summed E-state index contributed by atoms with van der Waals surface area (Å²) in [5, 5.41) is 13.9. The number of likely N-dealkylation sites (N-methyl/N-ethyl adjacent to an activating group) is 1. The van der Waals surface area contributed by atoms with Gasteiger partial charge in [0, 0.05) is 50.1 Å². The molecule has 0 aliphatic heterocycles. The quantitative estimate of drug-likeness (QED) is 0.522. The largest absolute Gasteiger partial charge is 0.480 e. The van der Waals surface area contributed by atoms with Gasteiger partial charge in [0.2, 0.25) is 5.91 Å². The van der Waals surface area contributed by atoms with Crippen LogP contribution >= 0.6 is 0 Å². The molecule has 0 saturated carbocycles. The number of fused-ring (bicyclic) bond motifs is 1. The number of para-hydroxylation sites is 1. The van der Waals surface area contributed by atoms with Crippen molar-refractivity contribution in [3.8, 4) is 0 Å². The lowest BCUT2D eigenvalue weighted by molar-refractivity contribution is -0.139. The average molecular weight is 393 g/mol. The first-order valence-corrected chi connectivity index (χ1v) is 9.74. The van der Waals surface area contributed by atoms with Gasteiger partial charge in [-0.1, -0.05) is 48.5 Å². The molecule has 1 aromatic heterocycles. The first-order valence-electron chi connectivity index (χ1n) is 9.74. The van der Waals surface area contributed by atoms with Crippen LogP contribution in [0.25, 0.3) is 10.9 Å². The zero-order valence-electron chi connectivity index (χ0n) is 16.8. The van der Waals surface area contributed by atoms with Crippen LogP contribution in [0.5, 0.6) is 0 Å². The predicted octanol–water partition coefficient (Wildman–Crippen LogP) is 2.84. The second-order valence-corrected chi connectivity index (χ2v) is 7.34. The maximum atomic E-state index is 11.9. The second kappa shape index (κ2) is 9.39. The summed E-state index contributed by atoms with van der Waals surface area (Å²) >= 11 is 0. The molecule has 0 radical (unpaired) electrons. The number of aliphatic carboxylic acids is 1. The maximum absolute atomic E-state index is 11.9. The fourth-order valence-corrected chi connectivity index (χ4v) is 3.53. The van der Waals surface area contributed by atoms with Gasteiger partial charge in [0.05, 0.1) is 0 Å². The second-order valence-electron chi connectivity index (χ2n) is 7.34. The molecule has 0 spiro atoms. The van der Waals surface area contributed by atoms with Crippen molar-refractivity contribution in [2.75, 3.05) is 13.6 Å². The van der Waals surface area contributed by atoms with Crippen molar-refractivity contribution in [2.45, 2.75) is 31.8 Å². The highest BCUT2D eigenvalue weighted by Crippen LogP contribution is 2.19. The van der Waals surface area contributed by atoms with Crippen molar-refractivity contribution >= 4 is 22.8 Å². The number of amides is 1. The Morgan fingerprint density at radius 3 is 2.45 bits per heavy atom. The standard InChI is InChI=1S/C23H27N3O3/c1-16(27)26(2)19(12-17-8-4-3-5-9-17)15-25-22(23(28)29)13-18-14-24-21-11-7-6-10-20(18)21/h3-11,14,19,22,24-25H,12-13,15H2,1-2H3,(H,28,29)/t19-,22+/m0/s1. The summed E-state index contributed by atoms with van der Waals surface area (Å²) in [7, 11) is 1.76. The number of nitrogens with one attached hydrogen (secondary N) is 2. The van der Waals surface area contributed by atoms with Crippen LogP contribution in [0.15, 0.2) is 60.8 Å². The minimum Gasteiger partial charge on any atom is -0.480 e. The van der Waals surface area contributed by atoms with E-state index in [4.69, 9.17) is 0 Å². The molecule has 1 amide bonds. The number of carbonyl (C=O) groups is 2. The first kappa shape index (κ1) is 20.6.